The highest BCUT2D eigenvalue weighted by Crippen LogP contribution is 2.50. The first-order valence-electron chi connectivity index (χ1n) is 10.3. The van der Waals surface area contributed by atoms with Gasteiger partial charge in [0.1, 0.15) is 10.6 Å². The summed E-state index contributed by atoms with van der Waals surface area (Å²) in [7, 11) is -4.07. The predicted octanol–water partition coefficient (Wildman–Crippen LogP) is 1.04. The maximum Gasteiger partial charge on any atom is 0.352 e. The number of aliphatic hydroxyl groups excluding tert-OH is 2. The molecule has 0 radical (unpaired) electrons. The first kappa shape index (κ1) is 20.9. The number of benzene rings is 2. The van der Waals surface area contributed by atoms with E-state index in [0.29, 0.717) is 22.0 Å². The van der Waals surface area contributed by atoms with Gasteiger partial charge in [-0.1, -0.05) is 31.2 Å². The van der Waals surface area contributed by atoms with Gasteiger partial charge in [0.2, 0.25) is 5.91 Å². The van der Waals surface area contributed by atoms with Crippen molar-refractivity contribution in [2.24, 2.45) is 11.8 Å². The zero-order valence-electron chi connectivity index (χ0n) is 17.4. The third-order valence-corrected chi connectivity index (χ3v) is 8.76. The Morgan fingerprint density at radius 3 is 2.56 bits per heavy atom. The number of fused-ring (bicyclic) bond motifs is 1. The third kappa shape index (κ3) is 2.48. The molecule has 3 heterocycles. The highest BCUT2D eigenvalue weighted by molar-refractivity contribution is 7.93. The SMILES string of the molecule is C[C@@H](O)[C@H]1C(=O)N2C(C(=O)O)=C(CN3c4cccc5ccc(CO)c(c45)S3(=O)=O)[C@H](C)[C@H]12. The van der Waals surface area contributed by atoms with E-state index in [1.807, 2.05) is 0 Å². The van der Waals surface area contributed by atoms with Gasteiger partial charge < -0.3 is 20.2 Å². The molecule has 3 N–H and O–H groups in total. The molecule has 0 aromatic heterocycles. The van der Waals surface area contributed by atoms with E-state index in [1.165, 1.54) is 11.8 Å². The minimum Gasteiger partial charge on any atom is -0.477 e. The lowest BCUT2D eigenvalue weighted by Gasteiger charge is -2.46. The van der Waals surface area contributed by atoms with Crippen molar-refractivity contribution in [1.29, 1.82) is 0 Å². The zero-order valence-corrected chi connectivity index (χ0v) is 18.2. The minimum atomic E-state index is -4.07. The molecule has 1 fully saturated rings. The fraction of sp³-hybridized carbons (Fsp3) is 0.364. The molecule has 0 bridgehead atoms. The Hall–Kier alpha value is -2.95. The van der Waals surface area contributed by atoms with Crippen molar-refractivity contribution in [3.63, 3.8) is 0 Å². The number of hydrogen-bond donors (Lipinski definition) is 3. The van der Waals surface area contributed by atoms with Crippen molar-refractivity contribution in [1.82, 2.24) is 4.90 Å². The summed E-state index contributed by atoms with van der Waals surface area (Å²) in [6.45, 7) is 2.55. The standard InChI is InChI=1S/C22H22N2O7S/c1-10-14(19(22(28)29)24-18(10)16(11(2)26)21(24)27)8-23-15-5-3-4-12-6-7-13(9-25)20(17(12)15)32(23,30)31/h3-7,10-11,16,18,25-26H,8-9H2,1-2H3,(H,28,29)/t10-,11+,16+,18+/m0/s1. The number of carboxylic acids is 1. The summed E-state index contributed by atoms with van der Waals surface area (Å²) in [5.41, 5.74) is 0.778. The molecule has 5 rings (SSSR count). The van der Waals surface area contributed by atoms with Crippen LogP contribution in [0.2, 0.25) is 0 Å². The quantitative estimate of drug-likeness (QED) is 0.570. The summed E-state index contributed by atoms with van der Waals surface area (Å²) in [5.74, 6) is -2.96. The number of sulfonamides is 1. The lowest BCUT2D eigenvalue weighted by Crippen LogP contribution is -2.63. The monoisotopic (exact) mass is 458 g/mol. The summed E-state index contributed by atoms with van der Waals surface area (Å²) in [5, 5.41) is 30.8. The van der Waals surface area contributed by atoms with Crippen molar-refractivity contribution in [3.8, 4) is 0 Å². The van der Waals surface area contributed by atoms with E-state index in [1.54, 1.807) is 37.3 Å². The average molecular weight is 458 g/mol. The van der Waals surface area contributed by atoms with Crippen LogP contribution in [-0.4, -0.2) is 59.2 Å². The van der Waals surface area contributed by atoms with Crippen molar-refractivity contribution < 1.29 is 33.3 Å². The van der Waals surface area contributed by atoms with Crippen molar-refractivity contribution >= 4 is 38.4 Å². The topological polar surface area (TPSA) is 135 Å². The number of rotatable bonds is 5. The Balaban J connectivity index is 1.64. The molecule has 0 unspecified atom stereocenters. The number of hydrogen-bond acceptors (Lipinski definition) is 6. The van der Waals surface area contributed by atoms with Crippen LogP contribution < -0.4 is 4.31 Å². The van der Waals surface area contributed by atoms with Crippen LogP contribution in [0.3, 0.4) is 0 Å². The second-order valence-corrected chi connectivity index (χ2v) is 10.3. The number of nitrogens with zero attached hydrogens (tertiary/aromatic N) is 2. The highest BCUT2D eigenvalue weighted by atomic mass is 32.2. The molecule has 2 aromatic carbocycles. The van der Waals surface area contributed by atoms with Gasteiger partial charge >= 0.3 is 5.97 Å². The molecule has 2 aromatic rings. The van der Waals surface area contributed by atoms with Crippen LogP contribution in [0.5, 0.6) is 0 Å². The molecule has 0 saturated carbocycles. The number of amides is 1. The summed E-state index contributed by atoms with van der Waals surface area (Å²) in [4.78, 5) is 25.9. The van der Waals surface area contributed by atoms with E-state index in [0.717, 1.165) is 4.31 Å². The molecule has 168 valence electrons. The smallest absolute Gasteiger partial charge is 0.352 e. The lowest BCUT2D eigenvalue weighted by atomic mass is 9.78. The van der Waals surface area contributed by atoms with Gasteiger partial charge in [0.25, 0.3) is 10.0 Å². The molecule has 0 aliphatic carbocycles. The molecule has 10 heteroatoms. The highest BCUT2D eigenvalue weighted by Gasteiger charge is 2.60. The van der Waals surface area contributed by atoms with E-state index in [2.05, 4.69) is 0 Å². The van der Waals surface area contributed by atoms with Crippen molar-refractivity contribution in [2.75, 3.05) is 10.8 Å². The number of β-lactam (4-membered cyclic amide) rings is 1. The molecular formula is C22H22N2O7S. The Bertz CT molecular complexity index is 1330. The van der Waals surface area contributed by atoms with Crippen LogP contribution in [0.1, 0.15) is 19.4 Å². The number of carbonyl (C=O) groups is 2. The maximum atomic E-state index is 13.6. The predicted molar refractivity (Wildman–Crippen MR) is 114 cm³/mol. The normalized spacial score (nSPS) is 26.5. The molecule has 9 nitrogen and oxygen atoms in total. The van der Waals surface area contributed by atoms with E-state index in [4.69, 9.17) is 0 Å². The Morgan fingerprint density at radius 2 is 1.94 bits per heavy atom. The van der Waals surface area contributed by atoms with Crippen LogP contribution in [0, 0.1) is 11.8 Å². The number of carbonyl (C=O) groups excluding carboxylic acids is 1. The van der Waals surface area contributed by atoms with Crippen LogP contribution in [0.25, 0.3) is 10.8 Å². The Kier molecular flexibility index (Phi) is 4.43. The number of anilines is 1. The molecule has 1 amide bonds. The summed E-state index contributed by atoms with van der Waals surface area (Å²) < 4.78 is 28.3. The van der Waals surface area contributed by atoms with Gasteiger partial charge in [0.05, 0.1) is 36.9 Å². The molecule has 1 saturated heterocycles. The van der Waals surface area contributed by atoms with Gasteiger partial charge in [0.15, 0.2) is 0 Å². The van der Waals surface area contributed by atoms with Gasteiger partial charge in [-0.25, -0.2) is 13.2 Å². The van der Waals surface area contributed by atoms with Gasteiger partial charge in [-0.15, -0.1) is 0 Å². The van der Waals surface area contributed by atoms with Gasteiger partial charge in [-0.05, 0) is 29.5 Å². The van der Waals surface area contributed by atoms with Gasteiger partial charge in [-0.2, -0.15) is 0 Å². The Morgan fingerprint density at radius 1 is 1.22 bits per heavy atom. The molecule has 0 spiro atoms. The number of aliphatic hydroxyl groups is 2. The third-order valence-electron chi connectivity index (χ3n) is 6.88. The Labute approximate surface area is 184 Å². The molecule has 4 atom stereocenters. The van der Waals surface area contributed by atoms with E-state index >= 15 is 0 Å². The van der Waals surface area contributed by atoms with Crippen LogP contribution in [0.15, 0.2) is 46.5 Å². The largest absolute Gasteiger partial charge is 0.477 e. The van der Waals surface area contributed by atoms with Crippen LogP contribution >= 0.6 is 0 Å². The number of carboxylic acid groups (broad SMARTS) is 1. The second-order valence-electron chi connectivity index (χ2n) is 8.53. The fourth-order valence-electron chi connectivity index (χ4n) is 5.42. The molecular weight excluding hydrogens is 436 g/mol. The van der Waals surface area contributed by atoms with Crippen LogP contribution in [-0.2, 0) is 26.2 Å². The zero-order chi connectivity index (χ0) is 23.1. The van der Waals surface area contributed by atoms with E-state index < -0.39 is 52.5 Å². The first-order chi connectivity index (χ1) is 15.1. The fourth-order valence-corrected chi connectivity index (χ4v) is 7.30. The first-order valence-corrected chi connectivity index (χ1v) is 11.7. The minimum absolute atomic E-state index is 0.0254. The maximum absolute atomic E-state index is 13.6. The van der Waals surface area contributed by atoms with Crippen molar-refractivity contribution in [2.45, 2.75) is 37.5 Å². The molecule has 32 heavy (non-hydrogen) atoms. The molecule has 3 aliphatic heterocycles. The summed E-state index contributed by atoms with van der Waals surface area (Å²) in [6.07, 6.45) is -0.943. The van der Waals surface area contributed by atoms with Gasteiger partial charge in [-0.3, -0.25) is 9.10 Å². The van der Waals surface area contributed by atoms with E-state index in [-0.39, 0.29) is 22.7 Å². The van der Waals surface area contributed by atoms with Crippen LogP contribution in [0.4, 0.5) is 5.69 Å². The second kappa shape index (κ2) is 6.77. The van der Waals surface area contributed by atoms with E-state index in [9.17, 15) is 33.3 Å². The van der Waals surface area contributed by atoms with Crippen molar-refractivity contribution in [3.05, 3.63) is 47.2 Å². The van der Waals surface area contributed by atoms with Gasteiger partial charge in [0, 0.05) is 11.3 Å². The number of aliphatic carboxylic acids is 1. The average Bonchev–Trinajstić information content (AvgIpc) is 3.11. The summed E-state index contributed by atoms with van der Waals surface area (Å²) >= 11 is 0. The lowest BCUT2D eigenvalue weighted by molar-refractivity contribution is -0.163. The summed E-state index contributed by atoms with van der Waals surface area (Å²) in [6, 6.07) is 7.93. The molecule has 3 aliphatic rings.